The average Bonchev–Trinajstić information content (AvgIpc) is 3.14. The number of anilines is 1. The van der Waals surface area contributed by atoms with Crippen LogP contribution in [-0.4, -0.2) is 64.7 Å². The molecule has 0 aromatic heterocycles. The maximum absolute atomic E-state index is 13.3. The first-order valence-electron chi connectivity index (χ1n) is 17.9. The molecule has 3 aromatic carbocycles. The zero-order valence-corrected chi connectivity index (χ0v) is 31.5. The molecular weight excluding hydrogens is 704 g/mol. The van der Waals surface area contributed by atoms with E-state index >= 15 is 0 Å². The van der Waals surface area contributed by atoms with Gasteiger partial charge in [-0.1, -0.05) is 37.6 Å². The van der Waals surface area contributed by atoms with E-state index in [2.05, 4.69) is 40.9 Å². The van der Waals surface area contributed by atoms with Crippen LogP contribution in [0, 0.1) is 21.4 Å². The molecule has 1 atom stereocenters. The molecule has 2 N–H and O–H groups in total. The first-order chi connectivity index (χ1) is 24.8. The minimum Gasteiger partial charge on any atom is -0.487 e. The van der Waals surface area contributed by atoms with Gasteiger partial charge in [0, 0.05) is 49.1 Å². The molecule has 0 spiro atoms. The predicted octanol–water partition coefficient (Wildman–Crippen LogP) is 7.39. The van der Waals surface area contributed by atoms with Gasteiger partial charge in [-0.2, -0.15) is 0 Å². The van der Waals surface area contributed by atoms with Gasteiger partial charge in [0.1, 0.15) is 0 Å². The molecule has 2 aliphatic carbocycles. The van der Waals surface area contributed by atoms with E-state index in [0.29, 0.717) is 5.02 Å². The van der Waals surface area contributed by atoms with E-state index in [-0.39, 0.29) is 41.4 Å². The third-order valence-corrected chi connectivity index (χ3v) is 12.3. The van der Waals surface area contributed by atoms with Crippen molar-refractivity contribution in [2.75, 3.05) is 38.3 Å². The first kappa shape index (κ1) is 37.8. The third kappa shape index (κ3) is 8.79. The number of rotatable bonds is 11. The Morgan fingerprint density at radius 2 is 1.77 bits per heavy atom. The second-order valence-electron chi connectivity index (χ2n) is 14.8. The number of ether oxygens (including phenoxy) is 2. The fourth-order valence-corrected chi connectivity index (χ4v) is 8.77. The highest BCUT2D eigenvalue weighted by molar-refractivity contribution is 7.90. The van der Waals surface area contributed by atoms with Crippen LogP contribution in [0.3, 0.4) is 0 Å². The number of benzene rings is 3. The number of hydrogen-bond donors (Lipinski definition) is 2. The molecule has 2 fully saturated rings. The largest absolute Gasteiger partial charge is 0.487 e. The van der Waals surface area contributed by atoms with E-state index in [0.717, 1.165) is 76.3 Å². The quantitative estimate of drug-likeness (QED) is 0.152. The van der Waals surface area contributed by atoms with Crippen molar-refractivity contribution in [2.45, 2.75) is 75.8 Å². The number of amides is 1. The van der Waals surface area contributed by atoms with Crippen LogP contribution < -0.4 is 19.7 Å². The number of allylic oxidation sites excluding steroid dienone is 1. The fraction of sp³-hybridized carbons (Fsp3) is 0.462. The Kier molecular flexibility index (Phi) is 11.6. The molecule has 1 heterocycles. The SMILES string of the molecule is COC1CCC(COc2ccc(S(=O)(=O)NC(=O)c3ccc(N4CCNCC4C4=C(c5ccc(Cl)cc5)CC(C)(C)CC4)cc3)cc2[N+](=O)[O-])CC1. The summed E-state index contributed by atoms with van der Waals surface area (Å²) in [7, 11) is -2.74. The van der Waals surface area contributed by atoms with Crippen LogP contribution in [0.4, 0.5) is 11.4 Å². The summed E-state index contributed by atoms with van der Waals surface area (Å²) >= 11 is 6.23. The molecule has 52 heavy (non-hydrogen) atoms. The van der Waals surface area contributed by atoms with E-state index in [1.165, 1.54) is 28.8 Å². The number of carbonyl (C=O) groups is 1. The molecule has 11 nitrogen and oxygen atoms in total. The number of carbonyl (C=O) groups excluding carboxylic acids is 1. The minimum atomic E-state index is -4.43. The van der Waals surface area contributed by atoms with E-state index in [1.807, 2.05) is 24.3 Å². The number of halogens is 1. The maximum Gasteiger partial charge on any atom is 0.312 e. The third-order valence-electron chi connectivity index (χ3n) is 10.7. The van der Waals surface area contributed by atoms with E-state index in [9.17, 15) is 23.3 Å². The topological polar surface area (TPSA) is 140 Å². The van der Waals surface area contributed by atoms with Crippen LogP contribution in [0.5, 0.6) is 5.75 Å². The molecule has 13 heteroatoms. The van der Waals surface area contributed by atoms with Gasteiger partial charge in [0.15, 0.2) is 5.75 Å². The average molecular weight is 751 g/mol. The Hall–Kier alpha value is -3.97. The van der Waals surface area contributed by atoms with Crippen LogP contribution in [-0.2, 0) is 14.8 Å². The van der Waals surface area contributed by atoms with E-state index in [1.54, 1.807) is 19.2 Å². The number of nitrogens with one attached hydrogen (secondary N) is 2. The Bertz CT molecular complexity index is 1910. The summed E-state index contributed by atoms with van der Waals surface area (Å²) in [6, 6.07) is 18.5. The second-order valence-corrected chi connectivity index (χ2v) is 16.9. The van der Waals surface area contributed by atoms with Crippen molar-refractivity contribution in [1.29, 1.82) is 0 Å². The Balaban J connectivity index is 1.16. The molecule has 3 aliphatic rings. The zero-order chi connectivity index (χ0) is 37.0. The summed E-state index contributed by atoms with van der Waals surface area (Å²) in [4.78, 5) is 26.4. The van der Waals surface area contributed by atoms with Crippen LogP contribution in [0.15, 0.2) is 77.2 Å². The molecular formula is C39H47ClN4O7S. The molecule has 3 aromatic rings. The normalized spacial score (nSPS) is 22.2. The van der Waals surface area contributed by atoms with Gasteiger partial charge in [-0.05, 0) is 122 Å². The first-order valence-corrected chi connectivity index (χ1v) is 19.8. The molecule has 6 rings (SSSR count). The van der Waals surface area contributed by atoms with Crippen molar-refractivity contribution in [2.24, 2.45) is 11.3 Å². The smallest absolute Gasteiger partial charge is 0.312 e. The van der Waals surface area contributed by atoms with Crippen molar-refractivity contribution >= 4 is 44.5 Å². The van der Waals surface area contributed by atoms with Crippen LogP contribution in [0.25, 0.3) is 5.57 Å². The highest BCUT2D eigenvalue weighted by Crippen LogP contribution is 2.45. The number of nitro groups is 1. The fourth-order valence-electron chi connectivity index (χ4n) is 7.65. The highest BCUT2D eigenvalue weighted by Gasteiger charge is 2.35. The summed E-state index contributed by atoms with van der Waals surface area (Å²) in [5.41, 5.74) is 4.68. The van der Waals surface area contributed by atoms with E-state index in [4.69, 9.17) is 21.1 Å². The molecule has 0 radical (unpaired) electrons. The number of piperazine rings is 1. The van der Waals surface area contributed by atoms with Gasteiger partial charge < -0.3 is 19.7 Å². The summed E-state index contributed by atoms with van der Waals surface area (Å²) in [5.74, 6) is -0.625. The number of sulfonamides is 1. The number of hydrogen-bond acceptors (Lipinski definition) is 9. The molecule has 1 unspecified atom stereocenters. The standard InChI is InChI=1S/C39H47ClN4O7S/c1-39(2)19-18-33(34(23-39)27-6-10-29(40)11-7-27)36-24-41-20-21-43(36)30-12-8-28(9-13-30)38(45)42-52(48,49)32-16-17-37(35(22-32)44(46)47)51-25-26-4-14-31(50-3)15-5-26/h6-13,16-17,22,26,31,36,41H,4-5,14-15,18-21,23-25H2,1-3H3,(H,42,45). The van der Waals surface area contributed by atoms with Gasteiger partial charge in [0.25, 0.3) is 15.9 Å². The van der Waals surface area contributed by atoms with Gasteiger partial charge in [-0.3, -0.25) is 14.9 Å². The molecule has 1 saturated carbocycles. The van der Waals surface area contributed by atoms with Gasteiger partial charge >= 0.3 is 5.69 Å². The lowest BCUT2D eigenvalue weighted by atomic mass is 9.71. The summed E-state index contributed by atoms with van der Waals surface area (Å²) in [5, 5.41) is 16.2. The van der Waals surface area contributed by atoms with Crippen molar-refractivity contribution in [3.63, 3.8) is 0 Å². The Morgan fingerprint density at radius 3 is 2.44 bits per heavy atom. The predicted molar refractivity (Wildman–Crippen MR) is 202 cm³/mol. The van der Waals surface area contributed by atoms with Gasteiger partial charge in [0.05, 0.1) is 28.6 Å². The summed E-state index contributed by atoms with van der Waals surface area (Å²) in [6.07, 6.45) is 6.76. The Labute approximate surface area is 310 Å². The lowest BCUT2D eigenvalue weighted by Gasteiger charge is -2.44. The van der Waals surface area contributed by atoms with Gasteiger partial charge in [0.2, 0.25) is 0 Å². The zero-order valence-electron chi connectivity index (χ0n) is 29.9. The number of nitro benzene ring substituents is 1. The van der Waals surface area contributed by atoms with E-state index < -0.39 is 31.4 Å². The molecule has 1 saturated heterocycles. The van der Waals surface area contributed by atoms with Crippen molar-refractivity contribution < 1.29 is 27.6 Å². The van der Waals surface area contributed by atoms with Crippen molar-refractivity contribution in [1.82, 2.24) is 10.0 Å². The Morgan fingerprint density at radius 1 is 1.06 bits per heavy atom. The second kappa shape index (κ2) is 16.0. The lowest BCUT2D eigenvalue weighted by Crippen LogP contribution is -2.53. The van der Waals surface area contributed by atoms with Gasteiger partial charge in [-0.25, -0.2) is 13.1 Å². The van der Waals surface area contributed by atoms with Crippen LogP contribution in [0.2, 0.25) is 5.02 Å². The van der Waals surface area contributed by atoms with Gasteiger partial charge in [-0.15, -0.1) is 0 Å². The molecule has 1 amide bonds. The molecule has 1 aliphatic heterocycles. The molecule has 0 bridgehead atoms. The number of nitrogens with zero attached hydrogens (tertiary/aromatic N) is 2. The lowest BCUT2D eigenvalue weighted by molar-refractivity contribution is -0.386. The number of methoxy groups -OCH3 is 1. The highest BCUT2D eigenvalue weighted by atomic mass is 35.5. The summed E-state index contributed by atoms with van der Waals surface area (Å²) < 4.78 is 39.8. The van der Waals surface area contributed by atoms with Crippen molar-refractivity contribution in [3.05, 3.63) is 98.6 Å². The van der Waals surface area contributed by atoms with Crippen LogP contribution >= 0.6 is 11.6 Å². The van der Waals surface area contributed by atoms with Crippen molar-refractivity contribution in [3.8, 4) is 5.75 Å². The van der Waals surface area contributed by atoms with Crippen LogP contribution in [0.1, 0.15) is 74.7 Å². The molecule has 278 valence electrons. The summed E-state index contributed by atoms with van der Waals surface area (Å²) in [6.45, 7) is 7.24. The monoisotopic (exact) mass is 750 g/mol. The minimum absolute atomic E-state index is 0.0149. The maximum atomic E-state index is 13.3.